The second kappa shape index (κ2) is 6.43. The molecule has 1 aliphatic rings. The Morgan fingerprint density at radius 2 is 2.05 bits per heavy atom. The Hall–Kier alpha value is -1.75. The van der Waals surface area contributed by atoms with Crippen molar-refractivity contribution in [3.8, 4) is 11.5 Å². The fourth-order valence-electron chi connectivity index (χ4n) is 1.95. The Balaban J connectivity index is 1.95. The summed E-state index contributed by atoms with van der Waals surface area (Å²) >= 11 is 0. The van der Waals surface area contributed by atoms with Crippen molar-refractivity contribution in [2.75, 3.05) is 26.3 Å². The monoisotopic (exact) mass is 264 g/mol. The molecular formula is C14H20N2O3. The average Bonchev–Trinajstić information content (AvgIpc) is 2.44. The number of ether oxygens (including phenoxy) is 2. The van der Waals surface area contributed by atoms with Crippen molar-refractivity contribution in [2.45, 2.75) is 19.9 Å². The molecule has 1 heterocycles. The van der Waals surface area contributed by atoms with Crippen LogP contribution in [0.2, 0.25) is 0 Å². The summed E-state index contributed by atoms with van der Waals surface area (Å²) in [5, 5.41) is 5.94. The van der Waals surface area contributed by atoms with Gasteiger partial charge in [-0.15, -0.1) is 0 Å². The Labute approximate surface area is 113 Å². The maximum Gasteiger partial charge on any atom is 0.233 e. The number of hydrogen-bond acceptors (Lipinski definition) is 4. The van der Waals surface area contributed by atoms with Crippen molar-refractivity contribution in [3.05, 3.63) is 23.8 Å². The zero-order valence-corrected chi connectivity index (χ0v) is 11.4. The lowest BCUT2D eigenvalue weighted by Crippen LogP contribution is -2.34. The Kier molecular flexibility index (Phi) is 4.63. The topological polar surface area (TPSA) is 59.6 Å². The van der Waals surface area contributed by atoms with Crippen molar-refractivity contribution >= 4 is 5.91 Å². The molecule has 2 rings (SSSR count). The van der Waals surface area contributed by atoms with Crippen LogP contribution in [0.25, 0.3) is 0 Å². The third-order valence-electron chi connectivity index (χ3n) is 3.01. The van der Waals surface area contributed by atoms with Gasteiger partial charge >= 0.3 is 0 Å². The van der Waals surface area contributed by atoms with Crippen molar-refractivity contribution < 1.29 is 14.3 Å². The quantitative estimate of drug-likeness (QED) is 0.840. The summed E-state index contributed by atoms with van der Waals surface area (Å²) in [5.41, 5.74) is 1.08. The van der Waals surface area contributed by atoms with Crippen molar-refractivity contribution in [2.24, 2.45) is 0 Å². The molecule has 0 radical (unpaired) electrons. The summed E-state index contributed by atoms with van der Waals surface area (Å²) in [6.45, 7) is 6.06. The average molecular weight is 264 g/mol. The van der Waals surface area contributed by atoms with Gasteiger partial charge in [-0.25, -0.2) is 0 Å². The van der Waals surface area contributed by atoms with E-state index in [0.717, 1.165) is 17.1 Å². The molecule has 0 saturated heterocycles. The first kappa shape index (κ1) is 13.7. The minimum atomic E-state index is 0.00638. The predicted octanol–water partition coefficient (Wildman–Crippen LogP) is 1.24. The molecule has 1 amide bonds. The lowest BCUT2D eigenvalue weighted by Gasteiger charge is -2.21. The highest BCUT2D eigenvalue weighted by Gasteiger charge is 2.14. The van der Waals surface area contributed by atoms with E-state index >= 15 is 0 Å². The molecule has 1 unspecified atom stereocenters. The first-order chi connectivity index (χ1) is 9.20. The van der Waals surface area contributed by atoms with E-state index in [1.54, 1.807) is 0 Å². The zero-order chi connectivity index (χ0) is 13.7. The van der Waals surface area contributed by atoms with Crippen LogP contribution in [0.5, 0.6) is 11.5 Å². The summed E-state index contributed by atoms with van der Waals surface area (Å²) in [6.07, 6.45) is 0. The van der Waals surface area contributed by atoms with E-state index in [1.165, 1.54) is 0 Å². The molecule has 104 valence electrons. The molecule has 0 saturated carbocycles. The van der Waals surface area contributed by atoms with Gasteiger partial charge in [-0.1, -0.05) is 6.07 Å². The van der Waals surface area contributed by atoms with E-state index in [0.29, 0.717) is 26.3 Å². The number of hydrogen-bond donors (Lipinski definition) is 2. The van der Waals surface area contributed by atoms with Gasteiger partial charge in [0.15, 0.2) is 11.5 Å². The Morgan fingerprint density at radius 1 is 1.32 bits per heavy atom. The summed E-state index contributed by atoms with van der Waals surface area (Å²) in [5.74, 6) is 1.56. The summed E-state index contributed by atoms with van der Waals surface area (Å²) in [7, 11) is 0. The molecule has 19 heavy (non-hydrogen) atoms. The second-order valence-electron chi connectivity index (χ2n) is 4.46. The van der Waals surface area contributed by atoms with Crippen molar-refractivity contribution in [3.63, 3.8) is 0 Å². The largest absolute Gasteiger partial charge is 0.486 e. The predicted molar refractivity (Wildman–Crippen MR) is 72.5 cm³/mol. The minimum Gasteiger partial charge on any atom is -0.486 e. The Morgan fingerprint density at radius 3 is 2.79 bits per heavy atom. The molecule has 0 spiro atoms. The number of likely N-dealkylation sites (N-methyl/N-ethyl adjacent to an activating group) is 1. The van der Waals surface area contributed by atoms with Gasteiger partial charge in [0.05, 0.1) is 6.54 Å². The number of fused-ring (bicyclic) bond motifs is 1. The fourth-order valence-corrected chi connectivity index (χ4v) is 1.95. The Bertz CT molecular complexity index is 448. The van der Waals surface area contributed by atoms with E-state index < -0.39 is 0 Å². The number of carbonyl (C=O) groups is 1. The molecule has 5 heteroatoms. The molecule has 0 fully saturated rings. The van der Waals surface area contributed by atoms with Crippen LogP contribution in [0.1, 0.15) is 25.5 Å². The number of carbonyl (C=O) groups excluding carboxylic acids is 1. The molecular weight excluding hydrogens is 244 g/mol. The van der Waals surface area contributed by atoms with Gasteiger partial charge in [0.1, 0.15) is 13.2 Å². The maximum atomic E-state index is 11.4. The molecule has 2 N–H and O–H groups in total. The van der Waals surface area contributed by atoms with Gasteiger partial charge in [-0.3, -0.25) is 4.79 Å². The van der Waals surface area contributed by atoms with Gasteiger partial charge in [0, 0.05) is 12.6 Å². The highest BCUT2D eigenvalue weighted by Crippen LogP contribution is 2.32. The first-order valence-electron chi connectivity index (χ1n) is 6.60. The molecule has 1 aromatic rings. The van der Waals surface area contributed by atoms with Gasteiger partial charge in [0.25, 0.3) is 0 Å². The lowest BCUT2D eigenvalue weighted by molar-refractivity contribution is -0.120. The van der Waals surface area contributed by atoms with E-state index in [9.17, 15) is 4.79 Å². The first-order valence-corrected chi connectivity index (χ1v) is 6.60. The van der Waals surface area contributed by atoms with Gasteiger partial charge < -0.3 is 20.1 Å². The third-order valence-corrected chi connectivity index (χ3v) is 3.01. The van der Waals surface area contributed by atoms with Gasteiger partial charge in [-0.2, -0.15) is 0 Å². The van der Waals surface area contributed by atoms with Crippen LogP contribution < -0.4 is 20.1 Å². The van der Waals surface area contributed by atoms with Crippen LogP contribution >= 0.6 is 0 Å². The van der Waals surface area contributed by atoms with Gasteiger partial charge in [0.2, 0.25) is 5.91 Å². The van der Waals surface area contributed by atoms with Crippen LogP contribution in [0.3, 0.4) is 0 Å². The van der Waals surface area contributed by atoms with Crippen LogP contribution in [0, 0.1) is 0 Å². The number of benzene rings is 1. The number of rotatable bonds is 5. The molecule has 5 nitrogen and oxygen atoms in total. The maximum absolute atomic E-state index is 11.4. The summed E-state index contributed by atoms with van der Waals surface area (Å²) in [4.78, 5) is 11.4. The molecule has 1 aromatic carbocycles. The second-order valence-corrected chi connectivity index (χ2v) is 4.46. The minimum absolute atomic E-state index is 0.00638. The van der Waals surface area contributed by atoms with Crippen LogP contribution in [-0.2, 0) is 4.79 Å². The molecule has 0 aromatic heterocycles. The van der Waals surface area contributed by atoms with Gasteiger partial charge in [-0.05, 0) is 31.5 Å². The fraction of sp³-hybridized carbons (Fsp3) is 0.500. The van der Waals surface area contributed by atoms with E-state index in [1.807, 2.05) is 32.0 Å². The number of amides is 1. The van der Waals surface area contributed by atoms with Crippen molar-refractivity contribution in [1.29, 1.82) is 0 Å². The molecule has 0 bridgehead atoms. The standard InChI is InChI=1S/C14H20N2O3/c1-3-15-14(17)9-16-10(2)11-4-5-12-13(8-11)19-7-6-18-12/h4-5,8,10,16H,3,6-7,9H2,1-2H3,(H,15,17). The summed E-state index contributed by atoms with van der Waals surface area (Å²) < 4.78 is 11.0. The number of nitrogens with one attached hydrogen (secondary N) is 2. The summed E-state index contributed by atoms with van der Waals surface area (Å²) in [6, 6.07) is 5.94. The lowest BCUT2D eigenvalue weighted by atomic mass is 10.1. The molecule has 0 aliphatic carbocycles. The molecule has 1 atom stereocenters. The van der Waals surface area contributed by atoms with Crippen LogP contribution in [-0.4, -0.2) is 32.2 Å². The zero-order valence-electron chi connectivity index (χ0n) is 11.4. The smallest absolute Gasteiger partial charge is 0.233 e. The third kappa shape index (κ3) is 3.61. The normalized spacial score (nSPS) is 14.8. The highest BCUT2D eigenvalue weighted by molar-refractivity contribution is 5.77. The van der Waals surface area contributed by atoms with E-state index in [2.05, 4.69) is 10.6 Å². The van der Waals surface area contributed by atoms with Crippen molar-refractivity contribution in [1.82, 2.24) is 10.6 Å². The van der Waals surface area contributed by atoms with E-state index in [-0.39, 0.29) is 11.9 Å². The highest BCUT2D eigenvalue weighted by atomic mass is 16.6. The molecule has 1 aliphatic heterocycles. The van der Waals surface area contributed by atoms with E-state index in [4.69, 9.17) is 9.47 Å². The van der Waals surface area contributed by atoms with Crippen LogP contribution in [0.15, 0.2) is 18.2 Å². The van der Waals surface area contributed by atoms with Crippen LogP contribution in [0.4, 0.5) is 0 Å². The SMILES string of the molecule is CCNC(=O)CNC(C)c1ccc2c(c1)OCCO2.